The zero-order chi connectivity index (χ0) is 8.97. The highest BCUT2D eigenvalue weighted by Gasteiger charge is 2.15. The lowest BCUT2D eigenvalue weighted by Gasteiger charge is -2.10. The molecule has 0 spiro atoms. The molecule has 1 rings (SSSR count). The van der Waals surface area contributed by atoms with Crippen LogP contribution >= 0.6 is 0 Å². The standard InChI is InChI=1S/C9H14N2O/c1-3-7(2)9(12)8-4-5-10-11-6-8/h4,6-7,10H,3,5H2,1-2H3. The lowest BCUT2D eigenvalue weighted by molar-refractivity contribution is -0.118. The van der Waals surface area contributed by atoms with Gasteiger partial charge in [0.05, 0.1) is 12.8 Å². The van der Waals surface area contributed by atoms with Crippen LogP contribution in [0.2, 0.25) is 0 Å². The van der Waals surface area contributed by atoms with Gasteiger partial charge in [0.1, 0.15) is 0 Å². The van der Waals surface area contributed by atoms with E-state index in [1.165, 1.54) is 0 Å². The van der Waals surface area contributed by atoms with Crippen LogP contribution in [0.3, 0.4) is 0 Å². The zero-order valence-corrected chi connectivity index (χ0v) is 7.50. The summed E-state index contributed by atoms with van der Waals surface area (Å²) in [6, 6.07) is 0. The van der Waals surface area contributed by atoms with Crippen molar-refractivity contribution >= 4 is 12.0 Å². The van der Waals surface area contributed by atoms with Crippen molar-refractivity contribution in [3.8, 4) is 0 Å². The number of carbonyl (C=O) groups excluding carboxylic acids is 1. The summed E-state index contributed by atoms with van der Waals surface area (Å²) in [5.74, 6) is 0.309. The lowest BCUT2D eigenvalue weighted by Crippen LogP contribution is -2.20. The first-order valence-electron chi connectivity index (χ1n) is 4.26. The summed E-state index contributed by atoms with van der Waals surface area (Å²) < 4.78 is 0. The Morgan fingerprint density at radius 1 is 1.83 bits per heavy atom. The Morgan fingerprint density at radius 2 is 2.58 bits per heavy atom. The summed E-state index contributed by atoms with van der Waals surface area (Å²) in [5, 5.41) is 3.83. The summed E-state index contributed by atoms with van der Waals surface area (Å²) in [6.45, 7) is 4.62. The highest BCUT2D eigenvalue weighted by atomic mass is 16.1. The predicted octanol–water partition coefficient (Wildman–Crippen LogP) is 1.12. The number of hydrogen-bond donors (Lipinski definition) is 1. The van der Waals surface area contributed by atoms with Crippen LogP contribution in [0.15, 0.2) is 16.8 Å². The maximum absolute atomic E-state index is 11.5. The number of nitrogens with one attached hydrogen (secondary N) is 1. The lowest BCUT2D eigenvalue weighted by atomic mass is 9.97. The molecule has 66 valence electrons. The van der Waals surface area contributed by atoms with Crippen LogP contribution in [-0.4, -0.2) is 18.5 Å². The average Bonchev–Trinajstić information content (AvgIpc) is 2.17. The fourth-order valence-electron chi connectivity index (χ4n) is 1.01. The summed E-state index contributed by atoms with van der Waals surface area (Å²) in [7, 11) is 0. The minimum atomic E-state index is 0.112. The van der Waals surface area contributed by atoms with Crippen LogP contribution < -0.4 is 5.43 Å². The number of hydrazone groups is 1. The first kappa shape index (κ1) is 8.97. The first-order chi connectivity index (χ1) is 5.75. The number of carbonyl (C=O) groups is 1. The number of rotatable bonds is 3. The van der Waals surface area contributed by atoms with E-state index in [4.69, 9.17) is 0 Å². The number of ketones is 1. The van der Waals surface area contributed by atoms with Crippen LogP contribution in [0.1, 0.15) is 20.3 Å². The van der Waals surface area contributed by atoms with Gasteiger partial charge in [-0.25, -0.2) is 0 Å². The number of nitrogens with zero attached hydrogens (tertiary/aromatic N) is 1. The molecule has 0 radical (unpaired) electrons. The molecule has 1 aliphatic heterocycles. The second kappa shape index (κ2) is 4.04. The van der Waals surface area contributed by atoms with Crippen LogP contribution in [0, 0.1) is 5.92 Å². The van der Waals surface area contributed by atoms with Crippen LogP contribution in [-0.2, 0) is 4.79 Å². The molecule has 1 unspecified atom stereocenters. The Labute approximate surface area is 72.5 Å². The minimum Gasteiger partial charge on any atom is -0.306 e. The van der Waals surface area contributed by atoms with E-state index >= 15 is 0 Å². The molecule has 0 saturated carbocycles. The maximum Gasteiger partial charge on any atom is 0.167 e. The summed E-state index contributed by atoms with van der Waals surface area (Å²) in [4.78, 5) is 11.5. The van der Waals surface area contributed by atoms with Crippen molar-refractivity contribution in [1.82, 2.24) is 5.43 Å². The topological polar surface area (TPSA) is 41.5 Å². The largest absolute Gasteiger partial charge is 0.306 e. The third-order valence-electron chi connectivity index (χ3n) is 2.05. The summed E-state index contributed by atoms with van der Waals surface area (Å²) >= 11 is 0. The van der Waals surface area contributed by atoms with E-state index in [2.05, 4.69) is 10.5 Å². The molecule has 0 aromatic heterocycles. The van der Waals surface area contributed by atoms with Crippen molar-refractivity contribution in [2.75, 3.05) is 6.54 Å². The van der Waals surface area contributed by atoms with Crippen LogP contribution in [0.4, 0.5) is 0 Å². The smallest absolute Gasteiger partial charge is 0.167 e. The molecule has 3 heteroatoms. The van der Waals surface area contributed by atoms with Gasteiger partial charge in [-0.15, -0.1) is 0 Å². The molecule has 0 bridgehead atoms. The Kier molecular flexibility index (Phi) is 3.02. The van der Waals surface area contributed by atoms with Gasteiger partial charge in [0.15, 0.2) is 5.78 Å². The van der Waals surface area contributed by atoms with Gasteiger partial charge in [-0.2, -0.15) is 5.10 Å². The predicted molar refractivity (Wildman–Crippen MR) is 49.0 cm³/mol. The van der Waals surface area contributed by atoms with Gasteiger partial charge in [0, 0.05) is 11.5 Å². The second-order valence-electron chi connectivity index (χ2n) is 2.95. The van der Waals surface area contributed by atoms with E-state index in [9.17, 15) is 4.79 Å². The van der Waals surface area contributed by atoms with E-state index in [1.54, 1.807) is 6.21 Å². The van der Waals surface area contributed by atoms with Crippen LogP contribution in [0.5, 0.6) is 0 Å². The van der Waals surface area contributed by atoms with E-state index in [0.29, 0.717) is 6.54 Å². The molecule has 0 aliphatic carbocycles. The molecule has 0 saturated heterocycles. The second-order valence-corrected chi connectivity index (χ2v) is 2.95. The van der Waals surface area contributed by atoms with Crippen molar-refractivity contribution in [1.29, 1.82) is 0 Å². The van der Waals surface area contributed by atoms with Gasteiger partial charge in [-0.3, -0.25) is 4.79 Å². The van der Waals surface area contributed by atoms with Gasteiger partial charge in [-0.1, -0.05) is 19.9 Å². The molecule has 3 nitrogen and oxygen atoms in total. The SMILES string of the molecule is CCC(C)C(=O)C1=CCNN=C1. The summed E-state index contributed by atoms with van der Waals surface area (Å²) in [5.41, 5.74) is 3.51. The van der Waals surface area contributed by atoms with E-state index in [0.717, 1.165) is 12.0 Å². The van der Waals surface area contributed by atoms with Gasteiger partial charge in [0.2, 0.25) is 0 Å². The van der Waals surface area contributed by atoms with Gasteiger partial charge >= 0.3 is 0 Å². The van der Waals surface area contributed by atoms with E-state index < -0.39 is 0 Å². The Morgan fingerprint density at radius 3 is 3.08 bits per heavy atom. The van der Waals surface area contributed by atoms with Crippen LogP contribution in [0.25, 0.3) is 0 Å². The number of hydrogen-bond acceptors (Lipinski definition) is 3. The summed E-state index contributed by atoms with van der Waals surface area (Å²) in [6.07, 6.45) is 4.36. The monoisotopic (exact) mass is 166 g/mol. The van der Waals surface area contributed by atoms with Gasteiger partial charge < -0.3 is 5.43 Å². The van der Waals surface area contributed by atoms with Crippen molar-refractivity contribution < 1.29 is 4.79 Å². The first-order valence-corrected chi connectivity index (χ1v) is 4.26. The van der Waals surface area contributed by atoms with E-state index in [1.807, 2.05) is 19.9 Å². The molecule has 12 heavy (non-hydrogen) atoms. The van der Waals surface area contributed by atoms with Gasteiger partial charge in [0.25, 0.3) is 0 Å². The molecule has 1 aliphatic rings. The highest BCUT2D eigenvalue weighted by Crippen LogP contribution is 2.09. The molecule has 0 amide bonds. The molecule has 1 atom stereocenters. The minimum absolute atomic E-state index is 0.112. The third kappa shape index (κ3) is 1.94. The molecular weight excluding hydrogens is 152 g/mol. The molecule has 0 aromatic rings. The van der Waals surface area contributed by atoms with Crippen molar-refractivity contribution in [3.63, 3.8) is 0 Å². The van der Waals surface area contributed by atoms with Gasteiger partial charge in [-0.05, 0) is 6.42 Å². The fraction of sp³-hybridized carbons (Fsp3) is 0.556. The molecule has 1 heterocycles. The Bertz CT molecular complexity index is 231. The van der Waals surface area contributed by atoms with Crippen molar-refractivity contribution in [3.05, 3.63) is 11.6 Å². The average molecular weight is 166 g/mol. The normalized spacial score (nSPS) is 18.0. The van der Waals surface area contributed by atoms with Crippen molar-refractivity contribution in [2.24, 2.45) is 11.0 Å². The molecule has 0 aromatic carbocycles. The third-order valence-corrected chi connectivity index (χ3v) is 2.05. The maximum atomic E-state index is 11.5. The Balaban J connectivity index is 2.63. The number of allylic oxidation sites excluding steroid dienone is 1. The molecule has 1 N–H and O–H groups in total. The molecular formula is C9H14N2O. The number of Topliss-reactive ketones (excluding diaryl/α,β-unsaturated/α-hetero) is 1. The highest BCUT2D eigenvalue weighted by molar-refractivity contribution is 6.14. The zero-order valence-electron chi connectivity index (χ0n) is 7.50. The van der Waals surface area contributed by atoms with E-state index in [-0.39, 0.29) is 11.7 Å². The molecule has 0 fully saturated rings. The quantitative estimate of drug-likeness (QED) is 0.682. The van der Waals surface area contributed by atoms with Crippen molar-refractivity contribution in [2.45, 2.75) is 20.3 Å². The Hall–Kier alpha value is -1.12. The fourth-order valence-corrected chi connectivity index (χ4v) is 1.01.